The molecule has 6 heteroatoms. The molecule has 0 spiro atoms. The molecule has 6 nitrogen and oxygen atoms in total. The van der Waals surface area contributed by atoms with Crippen molar-refractivity contribution in [1.29, 1.82) is 0 Å². The summed E-state index contributed by atoms with van der Waals surface area (Å²) in [6.45, 7) is 9.87. The molecule has 0 aromatic heterocycles. The lowest BCUT2D eigenvalue weighted by atomic mass is 9.68. The molecule has 0 aliphatic heterocycles. The van der Waals surface area contributed by atoms with E-state index < -0.39 is 0 Å². The van der Waals surface area contributed by atoms with Crippen LogP contribution in [0.3, 0.4) is 0 Å². The molecule has 5 rings (SSSR count). The van der Waals surface area contributed by atoms with Crippen molar-refractivity contribution in [3.8, 4) is 0 Å². The zero-order valence-corrected chi connectivity index (χ0v) is 28.9. The highest BCUT2D eigenvalue weighted by molar-refractivity contribution is 6.01. The number of hydrogen-bond acceptors (Lipinski definition) is 6. The fourth-order valence-corrected chi connectivity index (χ4v) is 7.58. The summed E-state index contributed by atoms with van der Waals surface area (Å²) in [5.74, 6) is 4.26. The van der Waals surface area contributed by atoms with E-state index in [0.717, 1.165) is 74.0 Å². The highest BCUT2D eigenvalue weighted by Crippen LogP contribution is 2.41. The van der Waals surface area contributed by atoms with Crippen LogP contribution in [0.15, 0.2) is 36.4 Å². The maximum Gasteiger partial charge on any atom is 0.159 e. The van der Waals surface area contributed by atoms with Gasteiger partial charge in [0.1, 0.15) is 23.1 Å². The van der Waals surface area contributed by atoms with Crippen LogP contribution in [-0.4, -0.2) is 34.7 Å². The zero-order chi connectivity index (χ0) is 34.0. The van der Waals surface area contributed by atoms with Crippen LogP contribution in [0.5, 0.6) is 0 Å². The van der Waals surface area contributed by atoms with Crippen LogP contribution in [-0.2, 0) is 19.2 Å². The zero-order valence-electron chi connectivity index (χ0n) is 28.9. The second kappa shape index (κ2) is 17.6. The van der Waals surface area contributed by atoms with Crippen molar-refractivity contribution in [1.82, 2.24) is 0 Å². The molecular weight excluding hydrogens is 576 g/mol. The van der Waals surface area contributed by atoms with Gasteiger partial charge in [-0.05, 0) is 153 Å². The second-order valence-electron chi connectivity index (χ2n) is 14.1. The first-order valence-electron chi connectivity index (χ1n) is 17.3. The van der Waals surface area contributed by atoms with Gasteiger partial charge in [-0.25, -0.2) is 0 Å². The summed E-state index contributed by atoms with van der Waals surface area (Å²) in [6.07, 6.45) is 13.0. The standard InChI is InChI=1S/C16H26O2.C14H12O2.C10H16O2/c1-11(17)13-3-7-15(8-4-13)16-9-5-14(6-10-16)12(2)18;1-9(15)11-3-5-14-8-12(10(2)16)4-6-13(14)7-11;1-7(11)9-3-5-10(6-4-9)8(2)12/h13-16H,3-10H2,1-2H3;3-8H,1-2H3;9-10H,3-6H2,1-2H3. The molecule has 0 unspecified atom stereocenters. The lowest BCUT2D eigenvalue weighted by Crippen LogP contribution is -2.29. The highest BCUT2D eigenvalue weighted by Gasteiger charge is 2.32. The molecule has 3 aliphatic rings. The minimum absolute atomic E-state index is 0.0533. The minimum atomic E-state index is 0.0533. The van der Waals surface area contributed by atoms with Crippen molar-refractivity contribution in [3.05, 3.63) is 47.5 Å². The number of ketones is 6. The Morgan fingerprint density at radius 3 is 0.848 bits per heavy atom. The van der Waals surface area contributed by atoms with Gasteiger partial charge >= 0.3 is 0 Å². The van der Waals surface area contributed by atoms with Crippen LogP contribution in [0.4, 0.5) is 0 Å². The maximum atomic E-state index is 11.4. The Kier molecular flexibility index (Phi) is 14.2. The lowest BCUT2D eigenvalue weighted by molar-refractivity contribution is -0.126. The van der Waals surface area contributed by atoms with Gasteiger partial charge in [-0.1, -0.05) is 24.3 Å². The van der Waals surface area contributed by atoms with E-state index in [0.29, 0.717) is 34.5 Å². The predicted molar refractivity (Wildman–Crippen MR) is 183 cm³/mol. The highest BCUT2D eigenvalue weighted by atomic mass is 16.1. The minimum Gasteiger partial charge on any atom is -0.300 e. The fraction of sp³-hybridized carbons (Fsp3) is 0.600. The molecule has 3 fully saturated rings. The van der Waals surface area contributed by atoms with Crippen LogP contribution >= 0.6 is 0 Å². The summed E-state index contributed by atoms with van der Waals surface area (Å²) in [6, 6.07) is 11.0. The Balaban J connectivity index is 0.000000192. The molecule has 0 radical (unpaired) electrons. The third-order valence-corrected chi connectivity index (χ3v) is 10.9. The number of hydrogen-bond donors (Lipinski definition) is 0. The van der Waals surface area contributed by atoms with Gasteiger partial charge in [0, 0.05) is 34.8 Å². The molecule has 2 aromatic rings. The number of benzene rings is 2. The van der Waals surface area contributed by atoms with Crippen LogP contribution in [0.1, 0.15) is 139 Å². The van der Waals surface area contributed by atoms with E-state index in [1.165, 1.54) is 25.7 Å². The summed E-state index contributed by atoms with van der Waals surface area (Å²) in [5.41, 5.74) is 1.39. The Labute approximate surface area is 275 Å². The van der Waals surface area contributed by atoms with Gasteiger partial charge in [0.15, 0.2) is 11.6 Å². The first-order valence-corrected chi connectivity index (χ1v) is 17.3. The van der Waals surface area contributed by atoms with Crippen molar-refractivity contribution in [2.24, 2.45) is 35.5 Å². The number of carbonyl (C=O) groups excluding carboxylic acids is 6. The lowest BCUT2D eigenvalue weighted by Gasteiger charge is -2.36. The van der Waals surface area contributed by atoms with Crippen LogP contribution < -0.4 is 0 Å². The van der Waals surface area contributed by atoms with E-state index in [4.69, 9.17) is 0 Å². The van der Waals surface area contributed by atoms with Gasteiger partial charge in [-0.15, -0.1) is 0 Å². The quantitative estimate of drug-likeness (QED) is 0.283. The molecular formula is C40H54O6. The SMILES string of the molecule is CC(=O)C1CCC(C(C)=O)CC1.CC(=O)C1CCC(C2CCC(C(C)=O)CC2)CC1.CC(=O)c1ccc2cc(C(C)=O)ccc2c1. The van der Waals surface area contributed by atoms with Gasteiger partial charge in [-0.3, -0.25) is 28.8 Å². The number of fused-ring (bicyclic) bond motifs is 1. The van der Waals surface area contributed by atoms with Crippen LogP contribution in [0.2, 0.25) is 0 Å². The van der Waals surface area contributed by atoms with E-state index in [9.17, 15) is 28.8 Å². The predicted octanol–water partition coefficient (Wildman–Crippen LogP) is 8.99. The fourth-order valence-electron chi connectivity index (χ4n) is 7.58. The second-order valence-corrected chi connectivity index (χ2v) is 14.1. The van der Waals surface area contributed by atoms with E-state index in [2.05, 4.69) is 0 Å². The monoisotopic (exact) mass is 630 g/mol. The molecule has 0 atom stereocenters. The topological polar surface area (TPSA) is 102 Å². The summed E-state index contributed by atoms with van der Waals surface area (Å²) < 4.78 is 0. The molecule has 250 valence electrons. The van der Waals surface area contributed by atoms with Crippen LogP contribution in [0.25, 0.3) is 10.8 Å². The molecule has 0 saturated heterocycles. The smallest absolute Gasteiger partial charge is 0.159 e. The van der Waals surface area contributed by atoms with Crippen molar-refractivity contribution in [3.63, 3.8) is 0 Å². The largest absolute Gasteiger partial charge is 0.300 e. The van der Waals surface area contributed by atoms with Crippen molar-refractivity contribution >= 4 is 45.5 Å². The molecule has 0 bridgehead atoms. The average molecular weight is 631 g/mol. The first kappa shape index (κ1) is 37.2. The van der Waals surface area contributed by atoms with Gasteiger partial charge in [-0.2, -0.15) is 0 Å². The van der Waals surface area contributed by atoms with E-state index in [-0.39, 0.29) is 35.0 Å². The summed E-state index contributed by atoms with van der Waals surface area (Å²) >= 11 is 0. The number of rotatable bonds is 7. The first-order chi connectivity index (χ1) is 21.8. The maximum absolute atomic E-state index is 11.4. The summed E-state index contributed by atoms with van der Waals surface area (Å²) in [7, 11) is 0. The molecule has 0 heterocycles. The number of carbonyl (C=O) groups is 6. The average Bonchev–Trinajstić information content (AvgIpc) is 3.04. The molecule has 0 N–H and O–H groups in total. The van der Waals surface area contributed by atoms with Gasteiger partial charge in [0.2, 0.25) is 0 Å². The van der Waals surface area contributed by atoms with E-state index >= 15 is 0 Å². The Bertz CT molecular complexity index is 1290. The van der Waals surface area contributed by atoms with E-state index in [1.807, 2.05) is 24.3 Å². The van der Waals surface area contributed by atoms with Crippen LogP contribution in [0, 0.1) is 35.5 Å². The van der Waals surface area contributed by atoms with Gasteiger partial charge in [0.25, 0.3) is 0 Å². The normalized spacial score (nSPS) is 26.0. The Morgan fingerprint density at radius 1 is 0.391 bits per heavy atom. The van der Waals surface area contributed by atoms with Gasteiger partial charge in [0.05, 0.1) is 0 Å². The van der Waals surface area contributed by atoms with Crippen molar-refractivity contribution in [2.75, 3.05) is 0 Å². The third-order valence-electron chi connectivity index (χ3n) is 10.9. The molecule has 3 aliphatic carbocycles. The van der Waals surface area contributed by atoms with Crippen molar-refractivity contribution < 1.29 is 28.8 Å². The Morgan fingerprint density at radius 2 is 0.630 bits per heavy atom. The Hall–Kier alpha value is -3.28. The van der Waals surface area contributed by atoms with Crippen molar-refractivity contribution in [2.45, 2.75) is 119 Å². The molecule has 0 amide bonds. The summed E-state index contributed by atoms with van der Waals surface area (Å²) in [4.78, 5) is 67.1. The molecule has 2 aromatic carbocycles. The number of Topliss-reactive ketones (excluding diaryl/α,β-unsaturated/α-hetero) is 6. The molecule has 46 heavy (non-hydrogen) atoms. The van der Waals surface area contributed by atoms with Gasteiger partial charge < -0.3 is 0 Å². The van der Waals surface area contributed by atoms with E-state index in [1.54, 1.807) is 53.7 Å². The molecule has 3 saturated carbocycles. The summed E-state index contributed by atoms with van der Waals surface area (Å²) in [5, 5.41) is 1.97. The third kappa shape index (κ3) is 10.9.